The number of amides is 2. The number of nitrogens with one attached hydrogen (secondary N) is 1. The lowest BCUT2D eigenvalue weighted by Gasteiger charge is -2.22. The maximum absolute atomic E-state index is 12.4. The van der Waals surface area contributed by atoms with Gasteiger partial charge in [0.05, 0.1) is 0 Å². The van der Waals surface area contributed by atoms with E-state index in [0.29, 0.717) is 13.1 Å². The molecule has 4 heteroatoms. The van der Waals surface area contributed by atoms with Gasteiger partial charge in [0.25, 0.3) is 0 Å². The van der Waals surface area contributed by atoms with Crippen molar-refractivity contribution in [3.8, 4) is 0 Å². The lowest BCUT2D eigenvalue weighted by molar-refractivity contribution is -0.129. The number of hydrogen-bond donors (Lipinski definition) is 1. The van der Waals surface area contributed by atoms with Crippen molar-refractivity contribution in [1.82, 2.24) is 4.90 Å². The van der Waals surface area contributed by atoms with Crippen LogP contribution in [0.1, 0.15) is 38.7 Å². The molecule has 0 bridgehead atoms. The van der Waals surface area contributed by atoms with Gasteiger partial charge in [-0.1, -0.05) is 30.4 Å². The molecular formula is C18H24N2O2. The number of nitrogens with zero attached hydrogens (tertiary/aromatic N) is 1. The summed E-state index contributed by atoms with van der Waals surface area (Å²) < 4.78 is 0. The molecule has 0 saturated heterocycles. The van der Waals surface area contributed by atoms with E-state index in [4.69, 9.17) is 0 Å². The Balaban J connectivity index is 2.09. The molecule has 0 aromatic heterocycles. The average molecular weight is 300 g/mol. The smallest absolute Gasteiger partial charge is 0.227 e. The normalized spacial score (nSPS) is 17.1. The highest BCUT2D eigenvalue weighted by molar-refractivity contribution is 5.93. The van der Waals surface area contributed by atoms with E-state index in [1.807, 2.05) is 31.2 Å². The first-order valence-corrected chi connectivity index (χ1v) is 7.91. The van der Waals surface area contributed by atoms with Crippen molar-refractivity contribution in [2.24, 2.45) is 5.92 Å². The summed E-state index contributed by atoms with van der Waals surface area (Å²) in [6.07, 6.45) is 6.88. The largest absolute Gasteiger partial charge is 0.339 e. The van der Waals surface area contributed by atoms with Gasteiger partial charge < -0.3 is 10.2 Å². The minimum Gasteiger partial charge on any atom is -0.339 e. The van der Waals surface area contributed by atoms with Crippen LogP contribution in [0.15, 0.2) is 36.4 Å². The number of hydrogen-bond acceptors (Lipinski definition) is 2. The maximum atomic E-state index is 12.4. The van der Waals surface area contributed by atoms with Crippen LogP contribution in [0.2, 0.25) is 0 Å². The van der Waals surface area contributed by atoms with Crippen LogP contribution in [0.5, 0.6) is 0 Å². The fourth-order valence-electron chi connectivity index (χ4n) is 2.70. The molecule has 1 N–H and O–H groups in total. The lowest BCUT2D eigenvalue weighted by Crippen LogP contribution is -2.29. The van der Waals surface area contributed by atoms with Crippen LogP contribution >= 0.6 is 0 Å². The number of carbonyl (C=O) groups excluding carboxylic acids is 2. The summed E-state index contributed by atoms with van der Waals surface area (Å²) in [6, 6.07) is 7.70. The van der Waals surface area contributed by atoms with Crippen LogP contribution < -0.4 is 5.32 Å². The van der Waals surface area contributed by atoms with Gasteiger partial charge in [-0.05, 0) is 37.8 Å². The molecule has 1 aliphatic rings. The number of rotatable bonds is 5. The molecule has 0 radical (unpaired) electrons. The highest BCUT2D eigenvalue weighted by atomic mass is 16.2. The van der Waals surface area contributed by atoms with Crippen molar-refractivity contribution in [3.63, 3.8) is 0 Å². The second-order valence-corrected chi connectivity index (χ2v) is 5.66. The zero-order valence-electron chi connectivity index (χ0n) is 13.3. The molecule has 2 amide bonds. The molecule has 1 aromatic carbocycles. The summed E-state index contributed by atoms with van der Waals surface area (Å²) in [5.41, 5.74) is 1.78. The van der Waals surface area contributed by atoms with Crippen LogP contribution in [0, 0.1) is 5.92 Å². The van der Waals surface area contributed by atoms with E-state index in [1.54, 1.807) is 11.8 Å². The third-order valence-electron chi connectivity index (χ3n) is 4.10. The molecule has 1 unspecified atom stereocenters. The molecule has 4 nitrogen and oxygen atoms in total. The van der Waals surface area contributed by atoms with Crippen molar-refractivity contribution < 1.29 is 9.59 Å². The van der Waals surface area contributed by atoms with Gasteiger partial charge >= 0.3 is 0 Å². The van der Waals surface area contributed by atoms with Crippen LogP contribution in [-0.2, 0) is 16.1 Å². The van der Waals surface area contributed by atoms with E-state index in [9.17, 15) is 9.59 Å². The first-order valence-electron chi connectivity index (χ1n) is 7.91. The van der Waals surface area contributed by atoms with Gasteiger partial charge in [-0.2, -0.15) is 0 Å². The summed E-state index contributed by atoms with van der Waals surface area (Å²) >= 11 is 0. The predicted molar refractivity (Wildman–Crippen MR) is 88.3 cm³/mol. The third kappa shape index (κ3) is 4.20. The lowest BCUT2D eigenvalue weighted by atomic mass is 9.93. The molecule has 0 saturated carbocycles. The highest BCUT2D eigenvalue weighted by Gasteiger charge is 2.20. The van der Waals surface area contributed by atoms with E-state index < -0.39 is 0 Å². The molecule has 22 heavy (non-hydrogen) atoms. The predicted octanol–water partition coefficient (Wildman–Crippen LogP) is 3.35. The van der Waals surface area contributed by atoms with Gasteiger partial charge in [0, 0.05) is 31.6 Å². The van der Waals surface area contributed by atoms with E-state index in [2.05, 4.69) is 17.5 Å². The molecule has 1 atom stereocenters. The zero-order valence-corrected chi connectivity index (χ0v) is 13.3. The summed E-state index contributed by atoms with van der Waals surface area (Å²) in [5.74, 6) is 0.164. The van der Waals surface area contributed by atoms with Crippen molar-refractivity contribution >= 4 is 17.5 Å². The van der Waals surface area contributed by atoms with Crippen LogP contribution in [0.4, 0.5) is 5.69 Å². The monoisotopic (exact) mass is 300 g/mol. The van der Waals surface area contributed by atoms with Gasteiger partial charge in [-0.25, -0.2) is 0 Å². The first kappa shape index (κ1) is 16.3. The van der Waals surface area contributed by atoms with Gasteiger partial charge in [-0.15, -0.1) is 0 Å². The van der Waals surface area contributed by atoms with E-state index in [0.717, 1.165) is 30.5 Å². The Labute approximate surface area is 132 Å². The van der Waals surface area contributed by atoms with Gasteiger partial charge in [0.15, 0.2) is 0 Å². The topological polar surface area (TPSA) is 49.4 Å². The Morgan fingerprint density at radius 1 is 1.27 bits per heavy atom. The molecule has 0 heterocycles. The standard InChI is InChI=1S/C18H24N2O2/c1-3-20(14(2)21)13-16-11-7-8-12-17(16)19-18(22)15-9-5-4-6-10-15/h4-5,7-8,11-12,15H,3,6,9-10,13H2,1-2H3,(H,19,22). The van der Waals surface area contributed by atoms with Crippen LogP contribution in [0.3, 0.4) is 0 Å². The van der Waals surface area contributed by atoms with Crippen LogP contribution in [0.25, 0.3) is 0 Å². The van der Waals surface area contributed by atoms with Crippen molar-refractivity contribution in [2.45, 2.75) is 39.7 Å². The zero-order chi connectivity index (χ0) is 15.9. The summed E-state index contributed by atoms with van der Waals surface area (Å²) in [5, 5.41) is 3.04. The summed E-state index contributed by atoms with van der Waals surface area (Å²) in [6.45, 7) is 4.70. The minimum absolute atomic E-state index is 0.0426. The molecule has 1 aliphatic carbocycles. The Morgan fingerprint density at radius 3 is 2.68 bits per heavy atom. The summed E-state index contributed by atoms with van der Waals surface area (Å²) in [7, 11) is 0. The number of allylic oxidation sites excluding steroid dienone is 2. The summed E-state index contributed by atoms with van der Waals surface area (Å²) in [4.78, 5) is 25.7. The Hall–Kier alpha value is -2.10. The average Bonchev–Trinajstić information content (AvgIpc) is 2.54. The van der Waals surface area contributed by atoms with Gasteiger partial charge in [0.1, 0.15) is 0 Å². The molecule has 1 aromatic rings. The van der Waals surface area contributed by atoms with Crippen molar-refractivity contribution in [3.05, 3.63) is 42.0 Å². The van der Waals surface area contributed by atoms with Crippen molar-refractivity contribution in [1.29, 1.82) is 0 Å². The SMILES string of the molecule is CCN(Cc1ccccc1NC(=O)C1CC=CCC1)C(C)=O. The number of benzene rings is 1. The highest BCUT2D eigenvalue weighted by Crippen LogP contribution is 2.22. The molecular weight excluding hydrogens is 276 g/mol. The Kier molecular flexibility index (Phi) is 5.75. The van der Waals surface area contributed by atoms with E-state index in [-0.39, 0.29) is 17.7 Å². The quantitative estimate of drug-likeness (QED) is 0.848. The number of anilines is 1. The fraction of sp³-hybridized carbons (Fsp3) is 0.444. The fourth-order valence-corrected chi connectivity index (χ4v) is 2.70. The maximum Gasteiger partial charge on any atom is 0.227 e. The first-order chi connectivity index (χ1) is 10.6. The van der Waals surface area contributed by atoms with Crippen LogP contribution in [-0.4, -0.2) is 23.3 Å². The molecule has 2 rings (SSSR count). The molecule has 0 spiro atoms. The molecule has 0 fully saturated rings. The number of carbonyl (C=O) groups is 2. The Bertz CT molecular complexity index is 566. The minimum atomic E-state index is 0.0426. The van der Waals surface area contributed by atoms with E-state index >= 15 is 0 Å². The number of para-hydroxylation sites is 1. The molecule has 118 valence electrons. The second-order valence-electron chi connectivity index (χ2n) is 5.66. The Morgan fingerprint density at radius 2 is 2.05 bits per heavy atom. The molecule has 0 aliphatic heterocycles. The third-order valence-corrected chi connectivity index (χ3v) is 4.10. The van der Waals surface area contributed by atoms with Crippen molar-refractivity contribution in [2.75, 3.05) is 11.9 Å². The van der Waals surface area contributed by atoms with Gasteiger partial charge in [0.2, 0.25) is 11.8 Å². The van der Waals surface area contributed by atoms with E-state index in [1.165, 1.54) is 0 Å². The second kappa shape index (κ2) is 7.78. The van der Waals surface area contributed by atoms with Gasteiger partial charge in [-0.3, -0.25) is 9.59 Å².